The van der Waals surface area contributed by atoms with Crippen molar-refractivity contribution in [1.82, 2.24) is 20.9 Å². The first-order valence-corrected chi connectivity index (χ1v) is 9.25. The molecule has 1 aliphatic rings. The molecule has 0 aliphatic carbocycles. The zero-order valence-electron chi connectivity index (χ0n) is 15.7. The van der Waals surface area contributed by atoms with Gasteiger partial charge in [0.25, 0.3) is 11.8 Å². The van der Waals surface area contributed by atoms with Gasteiger partial charge in [-0.1, -0.05) is 12.1 Å². The van der Waals surface area contributed by atoms with Crippen molar-refractivity contribution in [3.05, 3.63) is 59.5 Å². The van der Waals surface area contributed by atoms with Crippen LogP contribution < -0.4 is 16.0 Å². The van der Waals surface area contributed by atoms with E-state index in [0.29, 0.717) is 43.8 Å². The normalized spacial score (nSPS) is 14.4. The summed E-state index contributed by atoms with van der Waals surface area (Å²) in [5, 5.41) is 8.33. The largest absolute Gasteiger partial charge is 0.459 e. The zero-order chi connectivity index (χ0) is 19.9. The first kappa shape index (κ1) is 19.5. The van der Waals surface area contributed by atoms with Crippen LogP contribution in [0.5, 0.6) is 0 Å². The van der Waals surface area contributed by atoms with Crippen molar-refractivity contribution in [2.45, 2.75) is 25.4 Å². The Bertz CT molecular complexity index is 809. The molecule has 4 amide bonds. The second-order valence-electron chi connectivity index (χ2n) is 6.65. The third-order valence-electron chi connectivity index (χ3n) is 4.75. The van der Waals surface area contributed by atoms with Crippen LogP contribution in [-0.2, 0) is 6.54 Å². The van der Waals surface area contributed by atoms with Crippen molar-refractivity contribution in [2.24, 2.45) is 0 Å². The van der Waals surface area contributed by atoms with Gasteiger partial charge >= 0.3 is 6.03 Å². The Morgan fingerprint density at radius 2 is 1.82 bits per heavy atom. The van der Waals surface area contributed by atoms with E-state index in [4.69, 9.17) is 4.42 Å². The van der Waals surface area contributed by atoms with E-state index >= 15 is 0 Å². The minimum Gasteiger partial charge on any atom is -0.459 e. The van der Waals surface area contributed by atoms with Crippen LogP contribution in [0, 0.1) is 0 Å². The summed E-state index contributed by atoms with van der Waals surface area (Å²) in [7, 11) is 1.58. The molecule has 8 heteroatoms. The number of carbonyl (C=O) groups excluding carboxylic acids is 3. The Balaban J connectivity index is 1.40. The van der Waals surface area contributed by atoms with Crippen LogP contribution in [0.25, 0.3) is 0 Å². The second-order valence-corrected chi connectivity index (χ2v) is 6.65. The summed E-state index contributed by atoms with van der Waals surface area (Å²) in [6, 6.07) is 10.2. The van der Waals surface area contributed by atoms with E-state index in [9.17, 15) is 14.4 Å². The van der Waals surface area contributed by atoms with Crippen LogP contribution in [-0.4, -0.2) is 48.9 Å². The number of hydrogen-bond donors (Lipinski definition) is 3. The SMILES string of the molecule is CNC(=O)c1ccc(CNC(=O)NC2CCN(C(=O)c3ccco3)CC2)cc1. The van der Waals surface area contributed by atoms with Crippen LogP contribution in [0.15, 0.2) is 47.1 Å². The van der Waals surface area contributed by atoms with Gasteiger partial charge in [-0.3, -0.25) is 9.59 Å². The van der Waals surface area contributed by atoms with Crippen LogP contribution >= 0.6 is 0 Å². The lowest BCUT2D eigenvalue weighted by Crippen LogP contribution is -2.49. The number of furan rings is 1. The smallest absolute Gasteiger partial charge is 0.315 e. The molecular weight excluding hydrogens is 360 g/mol. The predicted octanol–water partition coefficient (Wildman–Crippen LogP) is 1.74. The van der Waals surface area contributed by atoms with Gasteiger partial charge in [-0.15, -0.1) is 0 Å². The number of carbonyl (C=O) groups is 3. The molecule has 3 N–H and O–H groups in total. The van der Waals surface area contributed by atoms with Gasteiger partial charge < -0.3 is 25.3 Å². The highest BCUT2D eigenvalue weighted by Crippen LogP contribution is 2.14. The van der Waals surface area contributed by atoms with Crippen LogP contribution in [0.3, 0.4) is 0 Å². The summed E-state index contributed by atoms with van der Waals surface area (Å²) in [5.41, 5.74) is 1.48. The third-order valence-corrected chi connectivity index (χ3v) is 4.75. The summed E-state index contributed by atoms with van der Waals surface area (Å²) < 4.78 is 5.15. The molecule has 1 fully saturated rings. The van der Waals surface area contributed by atoms with Gasteiger partial charge in [-0.25, -0.2) is 4.79 Å². The fraction of sp³-hybridized carbons (Fsp3) is 0.350. The Morgan fingerprint density at radius 1 is 1.11 bits per heavy atom. The monoisotopic (exact) mass is 384 g/mol. The molecule has 0 radical (unpaired) electrons. The zero-order valence-corrected chi connectivity index (χ0v) is 15.7. The van der Waals surface area contributed by atoms with Gasteiger partial charge in [0.05, 0.1) is 6.26 Å². The van der Waals surface area contributed by atoms with Gasteiger partial charge in [-0.05, 0) is 42.7 Å². The number of urea groups is 1. The maximum absolute atomic E-state index is 12.2. The van der Waals surface area contributed by atoms with E-state index in [0.717, 1.165) is 5.56 Å². The maximum atomic E-state index is 12.2. The molecule has 1 saturated heterocycles. The van der Waals surface area contributed by atoms with E-state index in [2.05, 4.69) is 16.0 Å². The number of benzene rings is 1. The van der Waals surface area contributed by atoms with Crippen molar-refractivity contribution in [3.63, 3.8) is 0 Å². The highest BCUT2D eigenvalue weighted by molar-refractivity contribution is 5.94. The van der Waals surface area contributed by atoms with Gasteiger partial charge in [0.15, 0.2) is 5.76 Å². The molecule has 8 nitrogen and oxygen atoms in total. The predicted molar refractivity (Wildman–Crippen MR) is 103 cm³/mol. The van der Waals surface area contributed by atoms with E-state index in [1.807, 2.05) is 12.1 Å². The van der Waals surface area contributed by atoms with E-state index in [1.54, 1.807) is 36.2 Å². The van der Waals surface area contributed by atoms with Crippen LogP contribution in [0.2, 0.25) is 0 Å². The molecular formula is C20H24N4O4. The molecule has 3 rings (SSSR count). The van der Waals surface area contributed by atoms with Gasteiger partial charge in [-0.2, -0.15) is 0 Å². The van der Waals surface area contributed by atoms with Crippen molar-refractivity contribution < 1.29 is 18.8 Å². The number of amides is 4. The van der Waals surface area contributed by atoms with E-state index in [-0.39, 0.29) is 23.9 Å². The van der Waals surface area contributed by atoms with Crippen molar-refractivity contribution >= 4 is 17.8 Å². The fourth-order valence-electron chi connectivity index (χ4n) is 3.12. The van der Waals surface area contributed by atoms with E-state index in [1.165, 1.54) is 6.26 Å². The highest BCUT2D eigenvalue weighted by Gasteiger charge is 2.25. The summed E-state index contributed by atoms with van der Waals surface area (Å²) in [6.07, 6.45) is 2.87. The molecule has 2 heterocycles. The average molecular weight is 384 g/mol. The molecule has 0 unspecified atom stereocenters. The first-order valence-electron chi connectivity index (χ1n) is 9.25. The molecule has 0 saturated carbocycles. The van der Waals surface area contributed by atoms with Crippen molar-refractivity contribution in [2.75, 3.05) is 20.1 Å². The molecule has 0 atom stereocenters. The molecule has 28 heavy (non-hydrogen) atoms. The maximum Gasteiger partial charge on any atom is 0.315 e. The Hall–Kier alpha value is -3.29. The number of nitrogens with one attached hydrogen (secondary N) is 3. The standard InChI is InChI=1S/C20H24N4O4/c1-21-18(25)15-6-4-14(5-7-15)13-22-20(27)23-16-8-10-24(11-9-16)19(26)17-3-2-12-28-17/h2-7,12,16H,8-11,13H2,1H3,(H,21,25)(H2,22,23,27). The fourth-order valence-corrected chi connectivity index (χ4v) is 3.12. The Morgan fingerprint density at radius 3 is 2.43 bits per heavy atom. The third kappa shape index (κ3) is 4.91. The lowest BCUT2D eigenvalue weighted by Gasteiger charge is -2.31. The molecule has 2 aromatic rings. The molecule has 1 aromatic carbocycles. The first-order chi connectivity index (χ1) is 13.6. The van der Waals surface area contributed by atoms with E-state index < -0.39 is 0 Å². The van der Waals surface area contributed by atoms with Crippen LogP contribution in [0.4, 0.5) is 4.79 Å². The molecule has 0 bridgehead atoms. The molecule has 148 valence electrons. The average Bonchev–Trinajstić information content (AvgIpc) is 3.27. The number of hydrogen-bond acceptors (Lipinski definition) is 4. The topological polar surface area (TPSA) is 104 Å². The summed E-state index contributed by atoms with van der Waals surface area (Å²) in [4.78, 5) is 37.6. The number of nitrogens with zero attached hydrogens (tertiary/aromatic N) is 1. The Kier molecular flexibility index (Phi) is 6.31. The summed E-state index contributed by atoms with van der Waals surface area (Å²) in [6.45, 7) is 1.52. The summed E-state index contributed by atoms with van der Waals surface area (Å²) >= 11 is 0. The Labute approximate surface area is 163 Å². The summed E-state index contributed by atoms with van der Waals surface area (Å²) in [5.74, 6) is 0.0776. The van der Waals surface area contributed by atoms with Crippen molar-refractivity contribution in [1.29, 1.82) is 0 Å². The number of rotatable bonds is 5. The molecule has 1 aliphatic heterocycles. The van der Waals surface area contributed by atoms with Gasteiger partial charge in [0, 0.05) is 38.3 Å². The highest BCUT2D eigenvalue weighted by atomic mass is 16.3. The second kappa shape index (κ2) is 9.07. The molecule has 1 aromatic heterocycles. The minimum absolute atomic E-state index is 0.0243. The molecule has 0 spiro atoms. The lowest BCUT2D eigenvalue weighted by atomic mass is 10.0. The lowest BCUT2D eigenvalue weighted by molar-refractivity contribution is 0.0676. The minimum atomic E-state index is -0.244. The van der Waals surface area contributed by atoms with Gasteiger partial charge in [0.2, 0.25) is 0 Å². The number of likely N-dealkylation sites (tertiary alicyclic amines) is 1. The number of piperidine rings is 1. The quantitative estimate of drug-likeness (QED) is 0.730. The van der Waals surface area contributed by atoms with Crippen molar-refractivity contribution in [3.8, 4) is 0 Å². The van der Waals surface area contributed by atoms with Crippen LogP contribution in [0.1, 0.15) is 39.3 Å². The van der Waals surface area contributed by atoms with Gasteiger partial charge in [0.1, 0.15) is 0 Å².